The molecule has 27 heavy (non-hydrogen) atoms. The molecule has 1 heterocycles. The summed E-state index contributed by atoms with van der Waals surface area (Å²) in [5, 5.41) is 19.4. The van der Waals surface area contributed by atoms with E-state index in [1.54, 1.807) is 6.92 Å². The predicted molar refractivity (Wildman–Crippen MR) is 92.9 cm³/mol. The van der Waals surface area contributed by atoms with Gasteiger partial charge in [0.2, 0.25) is 5.91 Å². The van der Waals surface area contributed by atoms with Crippen molar-refractivity contribution >= 4 is 17.8 Å². The minimum Gasteiger partial charge on any atom is -0.480 e. The van der Waals surface area contributed by atoms with E-state index in [1.165, 1.54) is 42.9 Å². The van der Waals surface area contributed by atoms with Crippen LogP contribution in [0.3, 0.4) is 0 Å². The molecule has 0 fully saturated rings. The fourth-order valence-corrected chi connectivity index (χ4v) is 2.46. The van der Waals surface area contributed by atoms with Gasteiger partial charge < -0.3 is 15.3 Å². The lowest BCUT2D eigenvalue weighted by Gasteiger charge is -2.25. The van der Waals surface area contributed by atoms with Gasteiger partial charge in [0.25, 0.3) is 5.91 Å². The first kappa shape index (κ1) is 20.0. The summed E-state index contributed by atoms with van der Waals surface area (Å²) in [6, 6.07) is 2.97. The van der Waals surface area contributed by atoms with E-state index in [-0.39, 0.29) is 24.7 Å². The minimum atomic E-state index is -1.19. The quantitative estimate of drug-likeness (QED) is 0.736. The Labute approximate surface area is 154 Å². The van der Waals surface area contributed by atoms with Crippen molar-refractivity contribution in [1.82, 2.24) is 25.2 Å². The van der Waals surface area contributed by atoms with Crippen molar-refractivity contribution in [2.75, 3.05) is 13.1 Å². The number of rotatable bonds is 7. The lowest BCUT2D eigenvalue weighted by molar-refractivity contribution is -0.141. The highest BCUT2D eigenvalue weighted by molar-refractivity contribution is 5.94. The Morgan fingerprint density at radius 3 is 2.67 bits per heavy atom. The molecular formula is C17H20FN5O4. The van der Waals surface area contributed by atoms with E-state index in [2.05, 4.69) is 15.6 Å². The van der Waals surface area contributed by atoms with Crippen LogP contribution >= 0.6 is 0 Å². The molecule has 2 rings (SSSR count). The molecule has 1 atom stereocenters. The maximum Gasteiger partial charge on any atom is 0.326 e. The summed E-state index contributed by atoms with van der Waals surface area (Å²) in [4.78, 5) is 36.1. The highest BCUT2D eigenvalue weighted by atomic mass is 19.1. The van der Waals surface area contributed by atoms with Crippen LogP contribution in [0.15, 0.2) is 24.4 Å². The molecule has 2 N–H and O–H groups in total. The normalized spacial score (nSPS) is 11.7. The van der Waals surface area contributed by atoms with Crippen LogP contribution in [0.4, 0.5) is 4.39 Å². The number of hydrogen-bond donors (Lipinski definition) is 2. The Morgan fingerprint density at radius 2 is 2.07 bits per heavy atom. The van der Waals surface area contributed by atoms with Crippen molar-refractivity contribution < 1.29 is 23.9 Å². The maximum atomic E-state index is 13.3. The molecule has 9 nitrogen and oxygen atoms in total. The average Bonchev–Trinajstić information content (AvgIpc) is 3.07. The number of amides is 2. The molecule has 2 aromatic rings. The molecule has 0 bridgehead atoms. The van der Waals surface area contributed by atoms with Gasteiger partial charge in [-0.05, 0) is 37.6 Å². The zero-order valence-corrected chi connectivity index (χ0v) is 15.1. The first-order valence-corrected chi connectivity index (χ1v) is 8.17. The van der Waals surface area contributed by atoms with Gasteiger partial charge in [0.1, 0.15) is 11.9 Å². The predicted octanol–water partition coefficient (Wildman–Crippen LogP) is 0.766. The van der Waals surface area contributed by atoms with Crippen molar-refractivity contribution in [2.24, 2.45) is 0 Å². The molecule has 0 saturated carbocycles. The Balaban J connectivity index is 2.25. The van der Waals surface area contributed by atoms with Gasteiger partial charge in [-0.15, -0.1) is 5.10 Å². The van der Waals surface area contributed by atoms with Crippen molar-refractivity contribution in [3.8, 4) is 5.69 Å². The van der Waals surface area contributed by atoms with Crippen LogP contribution in [-0.4, -0.2) is 61.9 Å². The van der Waals surface area contributed by atoms with Gasteiger partial charge in [-0.3, -0.25) is 9.59 Å². The van der Waals surface area contributed by atoms with Gasteiger partial charge in [0, 0.05) is 20.0 Å². The number of benzene rings is 1. The number of aliphatic carboxylic acids is 1. The molecule has 2 amide bonds. The van der Waals surface area contributed by atoms with Gasteiger partial charge in [-0.2, -0.15) is 0 Å². The first-order valence-electron chi connectivity index (χ1n) is 8.17. The van der Waals surface area contributed by atoms with E-state index in [1.807, 2.05) is 0 Å². The first-order chi connectivity index (χ1) is 12.7. The molecule has 0 radical (unpaired) electrons. The SMILES string of the molecule is CC(=O)NCCN(C(=O)c1cn(-c2ccc(F)cc2C)nn1)C(C)C(=O)O. The van der Waals surface area contributed by atoms with Crippen molar-refractivity contribution in [3.05, 3.63) is 41.5 Å². The van der Waals surface area contributed by atoms with Crippen molar-refractivity contribution in [3.63, 3.8) is 0 Å². The van der Waals surface area contributed by atoms with E-state index in [9.17, 15) is 23.9 Å². The zero-order chi connectivity index (χ0) is 20.1. The van der Waals surface area contributed by atoms with Crippen LogP contribution in [0.2, 0.25) is 0 Å². The molecular weight excluding hydrogens is 357 g/mol. The molecule has 1 unspecified atom stereocenters. The van der Waals surface area contributed by atoms with E-state index in [0.717, 1.165) is 4.90 Å². The number of nitrogens with zero attached hydrogens (tertiary/aromatic N) is 4. The Kier molecular flexibility index (Phi) is 6.22. The summed E-state index contributed by atoms with van der Waals surface area (Å²) in [5.41, 5.74) is 1.08. The standard InChI is InChI=1S/C17H20FN5O4/c1-10-8-13(18)4-5-15(10)23-9-14(20-21-23)16(25)22(11(2)17(26)27)7-6-19-12(3)24/h4-5,8-9,11H,6-7H2,1-3H3,(H,19,24)(H,26,27). The number of carbonyl (C=O) groups is 3. The summed E-state index contributed by atoms with van der Waals surface area (Å²) >= 11 is 0. The minimum absolute atomic E-state index is 0.00564. The van der Waals surface area contributed by atoms with Crippen molar-refractivity contribution in [2.45, 2.75) is 26.8 Å². The van der Waals surface area contributed by atoms with Crippen molar-refractivity contribution in [1.29, 1.82) is 0 Å². The number of hydrogen-bond acceptors (Lipinski definition) is 5. The lowest BCUT2D eigenvalue weighted by atomic mass is 10.2. The van der Waals surface area contributed by atoms with Crippen LogP contribution in [0.25, 0.3) is 5.69 Å². The van der Waals surface area contributed by atoms with E-state index in [0.29, 0.717) is 11.3 Å². The van der Waals surface area contributed by atoms with Crippen LogP contribution in [0.5, 0.6) is 0 Å². The van der Waals surface area contributed by atoms with E-state index in [4.69, 9.17) is 0 Å². The highest BCUT2D eigenvalue weighted by Crippen LogP contribution is 2.15. The third kappa shape index (κ3) is 4.87. The fraction of sp³-hybridized carbons (Fsp3) is 0.353. The van der Waals surface area contributed by atoms with E-state index < -0.39 is 23.7 Å². The third-order valence-electron chi connectivity index (χ3n) is 3.93. The monoisotopic (exact) mass is 377 g/mol. The topological polar surface area (TPSA) is 117 Å². The van der Waals surface area contributed by atoms with Gasteiger partial charge in [-0.1, -0.05) is 5.21 Å². The van der Waals surface area contributed by atoms with Gasteiger partial charge in [0.05, 0.1) is 11.9 Å². The number of nitrogens with one attached hydrogen (secondary N) is 1. The lowest BCUT2D eigenvalue weighted by Crippen LogP contribution is -2.46. The number of halogens is 1. The summed E-state index contributed by atoms with van der Waals surface area (Å²) in [5.74, 6) is -2.51. The summed E-state index contributed by atoms with van der Waals surface area (Å²) in [7, 11) is 0. The number of carboxylic acid groups (broad SMARTS) is 1. The smallest absolute Gasteiger partial charge is 0.326 e. The molecule has 10 heteroatoms. The molecule has 0 aliphatic heterocycles. The van der Waals surface area contributed by atoms with Crippen LogP contribution in [0.1, 0.15) is 29.9 Å². The summed E-state index contributed by atoms with van der Waals surface area (Å²) < 4.78 is 14.6. The molecule has 1 aromatic carbocycles. The molecule has 0 aliphatic rings. The molecule has 1 aromatic heterocycles. The van der Waals surface area contributed by atoms with Crippen LogP contribution in [-0.2, 0) is 9.59 Å². The number of carboxylic acids is 1. The van der Waals surface area contributed by atoms with Crippen LogP contribution in [0, 0.1) is 12.7 Å². The van der Waals surface area contributed by atoms with Gasteiger partial charge >= 0.3 is 5.97 Å². The zero-order valence-electron chi connectivity index (χ0n) is 15.1. The van der Waals surface area contributed by atoms with Crippen LogP contribution < -0.4 is 5.32 Å². The second kappa shape index (κ2) is 8.39. The summed E-state index contributed by atoms with van der Waals surface area (Å²) in [6.07, 6.45) is 1.35. The average molecular weight is 377 g/mol. The maximum absolute atomic E-state index is 13.3. The number of aryl methyl sites for hydroxylation is 1. The van der Waals surface area contributed by atoms with Gasteiger partial charge in [-0.25, -0.2) is 13.9 Å². The molecule has 144 valence electrons. The Bertz CT molecular complexity index is 867. The fourth-order valence-electron chi connectivity index (χ4n) is 2.46. The third-order valence-corrected chi connectivity index (χ3v) is 3.93. The highest BCUT2D eigenvalue weighted by Gasteiger charge is 2.28. The van der Waals surface area contributed by atoms with Gasteiger partial charge in [0.15, 0.2) is 5.69 Å². The number of carbonyl (C=O) groups excluding carboxylic acids is 2. The largest absolute Gasteiger partial charge is 0.480 e. The second-order valence-corrected chi connectivity index (χ2v) is 5.97. The molecule has 0 spiro atoms. The molecule has 0 saturated heterocycles. The Morgan fingerprint density at radius 1 is 1.37 bits per heavy atom. The summed E-state index contributed by atoms with van der Waals surface area (Å²) in [6.45, 7) is 4.47. The number of aromatic nitrogens is 3. The molecule has 0 aliphatic carbocycles. The van der Waals surface area contributed by atoms with E-state index >= 15 is 0 Å². The Hall–Kier alpha value is -3.30. The second-order valence-electron chi connectivity index (χ2n) is 5.97.